The van der Waals surface area contributed by atoms with Gasteiger partial charge >= 0.3 is 6.09 Å². The molecule has 0 bridgehead atoms. The number of hydrogen-bond acceptors (Lipinski definition) is 4. The fourth-order valence-electron chi connectivity index (χ4n) is 2.51. The minimum absolute atomic E-state index is 0. The molecule has 5 nitrogen and oxygen atoms in total. The molecule has 2 N–H and O–H groups in total. The second kappa shape index (κ2) is 10.6. The molecule has 132 valence electrons. The third-order valence-corrected chi connectivity index (χ3v) is 3.64. The molecule has 1 aliphatic rings. The molecule has 23 heavy (non-hydrogen) atoms. The number of hydrogen-bond donors (Lipinski definition) is 2. The fraction of sp³-hybridized carbons (Fsp3) is 0.562. The summed E-state index contributed by atoms with van der Waals surface area (Å²) in [5, 5.41) is 6.18. The van der Waals surface area contributed by atoms with Gasteiger partial charge in [-0.1, -0.05) is 13.0 Å². The van der Waals surface area contributed by atoms with Crippen molar-refractivity contribution in [1.82, 2.24) is 4.90 Å². The zero-order valence-electron chi connectivity index (χ0n) is 13.9. The van der Waals surface area contributed by atoms with Crippen LogP contribution in [0.2, 0.25) is 0 Å². The highest BCUT2D eigenvalue weighted by atomic mass is 35.5. The lowest BCUT2D eigenvalue weighted by Crippen LogP contribution is -2.16. The number of amides is 1. The molecule has 1 aliphatic heterocycles. The Kier molecular flexibility index (Phi) is 10.0. The van der Waals surface area contributed by atoms with Gasteiger partial charge in [-0.05, 0) is 51.2 Å². The number of nitrogens with zero attached hydrogens (tertiary/aromatic N) is 1. The number of carbonyl (C=O) groups is 1. The molecule has 1 heterocycles. The van der Waals surface area contributed by atoms with Crippen molar-refractivity contribution in [2.75, 3.05) is 44.4 Å². The first-order valence-corrected chi connectivity index (χ1v) is 7.56. The van der Waals surface area contributed by atoms with Crippen LogP contribution in [0.4, 0.5) is 16.2 Å². The molecule has 1 aromatic carbocycles. The van der Waals surface area contributed by atoms with E-state index in [1.807, 2.05) is 19.1 Å². The van der Waals surface area contributed by atoms with Crippen LogP contribution in [0.5, 0.6) is 0 Å². The number of nitrogens with one attached hydrogen (secondary N) is 2. The minimum Gasteiger partial charge on any atom is -0.449 e. The SMILES string of the molecule is CCCOC(=O)Nc1ccc2c(c1)NCC2CCN(C)C.Cl.Cl. The van der Waals surface area contributed by atoms with E-state index in [9.17, 15) is 4.79 Å². The number of ether oxygens (including phenoxy) is 1. The van der Waals surface area contributed by atoms with E-state index in [1.165, 1.54) is 5.56 Å². The first-order valence-electron chi connectivity index (χ1n) is 7.56. The summed E-state index contributed by atoms with van der Waals surface area (Å²) >= 11 is 0. The van der Waals surface area contributed by atoms with E-state index >= 15 is 0 Å². The van der Waals surface area contributed by atoms with Gasteiger partial charge in [-0.3, -0.25) is 5.32 Å². The number of halogens is 2. The summed E-state index contributed by atoms with van der Waals surface area (Å²) in [7, 11) is 4.19. The maximum atomic E-state index is 11.6. The predicted molar refractivity (Wildman–Crippen MR) is 101 cm³/mol. The van der Waals surface area contributed by atoms with Crippen LogP contribution in [0.25, 0.3) is 0 Å². The van der Waals surface area contributed by atoms with E-state index in [0.29, 0.717) is 12.5 Å². The van der Waals surface area contributed by atoms with Gasteiger partial charge in [0.2, 0.25) is 0 Å². The normalized spacial score (nSPS) is 15.0. The highest BCUT2D eigenvalue weighted by Crippen LogP contribution is 2.35. The molecule has 0 saturated heterocycles. The molecule has 0 radical (unpaired) electrons. The Bertz CT molecular complexity index is 498. The van der Waals surface area contributed by atoms with Crippen LogP contribution in [0, 0.1) is 0 Å². The zero-order valence-corrected chi connectivity index (χ0v) is 15.6. The maximum absolute atomic E-state index is 11.6. The Morgan fingerprint density at radius 2 is 2.13 bits per heavy atom. The van der Waals surface area contributed by atoms with Gasteiger partial charge < -0.3 is 15.0 Å². The summed E-state index contributed by atoms with van der Waals surface area (Å²) in [6.45, 7) is 4.46. The van der Waals surface area contributed by atoms with Gasteiger partial charge in [0.05, 0.1) is 6.61 Å². The van der Waals surface area contributed by atoms with Crippen molar-refractivity contribution in [3.05, 3.63) is 23.8 Å². The topological polar surface area (TPSA) is 53.6 Å². The lowest BCUT2D eigenvalue weighted by atomic mass is 9.97. The van der Waals surface area contributed by atoms with Gasteiger partial charge in [0.15, 0.2) is 0 Å². The van der Waals surface area contributed by atoms with E-state index in [0.717, 1.165) is 37.3 Å². The molecule has 1 amide bonds. The standard InChI is InChI=1S/C16H25N3O2.2ClH/c1-4-9-21-16(20)18-13-5-6-14-12(7-8-19(2)3)11-17-15(14)10-13;;/h5-6,10,12,17H,4,7-9,11H2,1-3H3,(H,18,20);2*1H. The number of carbonyl (C=O) groups excluding carboxylic acids is 1. The van der Waals surface area contributed by atoms with E-state index < -0.39 is 0 Å². The van der Waals surface area contributed by atoms with Gasteiger partial charge in [0.25, 0.3) is 0 Å². The van der Waals surface area contributed by atoms with Crippen molar-refractivity contribution in [1.29, 1.82) is 0 Å². The highest BCUT2D eigenvalue weighted by molar-refractivity contribution is 5.86. The first kappa shape index (κ1) is 21.8. The molecule has 0 aliphatic carbocycles. The Labute approximate surface area is 151 Å². The molecule has 1 atom stereocenters. The molecule has 2 rings (SSSR count). The van der Waals surface area contributed by atoms with Gasteiger partial charge in [-0.15, -0.1) is 24.8 Å². The summed E-state index contributed by atoms with van der Waals surface area (Å²) < 4.78 is 5.02. The van der Waals surface area contributed by atoms with Crippen LogP contribution >= 0.6 is 24.8 Å². The Balaban J connectivity index is 0.00000242. The smallest absolute Gasteiger partial charge is 0.411 e. The lowest BCUT2D eigenvalue weighted by molar-refractivity contribution is 0.161. The van der Waals surface area contributed by atoms with Gasteiger partial charge in [0, 0.05) is 23.8 Å². The fourth-order valence-corrected chi connectivity index (χ4v) is 2.51. The van der Waals surface area contributed by atoms with Crippen molar-refractivity contribution >= 4 is 42.3 Å². The number of rotatable bonds is 6. The predicted octanol–water partition coefficient (Wildman–Crippen LogP) is 3.95. The van der Waals surface area contributed by atoms with Crippen molar-refractivity contribution in [2.24, 2.45) is 0 Å². The molecule has 0 spiro atoms. The maximum Gasteiger partial charge on any atom is 0.411 e. The van der Waals surface area contributed by atoms with Crippen LogP contribution in [-0.4, -0.2) is 44.8 Å². The van der Waals surface area contributed by atoms with Gasteiger partial charge in [-0.2, -0.15) is 0 Å². The summed E-state index contributed by atoms with van der Waals surface area (Å²) in [4.78, 5) is 13.8. The van der Waals surface area contributed by atoms with E-state index in [-0.39, 0.29) is 30.9 Å². The molecule has 1 aromatic rings. The van der Waals surface area contributed by atoms with Crippen molar-refractivity contribution in [3.8, 4) is 0 Å². The van der Waals surface area contributed by atoms with Crippen LogP contribution < -0.4 is 10.6 Å². The summed E-state index contributed by atoms with van der Waals surface area (Å²) in [5.74, 6) is 0.545. The van der Waals surface area contributed by atoms with Crippen LogP contribution in [-0.2, 0) is 4.74 Å². The van der Waals surface area contributed by atoms with Crippen molar-refractivity contribution < 1.29 is 9.53 Å². The van der Waals surface area contributed by atoms with Gasteiger partial charge in [0.1, 0.15) is 0 Å². The molecule has 0 aromatic heterocycles. The molecule has 7 heteroatoms. The zero-order chi connectivity index (χ0) is 15.2. The number of anilines is 2. The summed E-state index contributed by atoms with van der Waals surface area (Å²) in [6.07, 6.45) is 1.57. The largest absolute Gasteiger partial charge is 0.449 e. The van der Waals surface area contributed by atoms with Crippen LogP contribution in [0.15, 0.2) is 18.2 Å². The van der Waals surface area contributed by atoms with Crippen molar-refractivity contribution in [3.63, 3.8) is 0 Å². The molecule has 0 saturated carbocycles. The second-order valence-corrected chi connectivity index (χ2v) is 5.73. The van der Waals surface area contributed by atoms with E-state index in [2.05, 4.69) is 35.7 Å². The average molecular weight is 364 g/mol. The molecular weight excluding hydrogens is 337 g/mol. The van der Waals surface area contributed by atoms with Crippen LogP contribution in [0.1, 0.15) is 31.2 Å². The quantitative estimate of drug-likeness (QED) is 0.803. The Hall–Kier alpha value is -1.17. The summed E-state index contributed by atoms with van der Waals surface area (Å²) in [6, 6.07) is 6.03. The monoisotopic (exact) mass is 363 g/mol. The molecule has 0 fully saturated rings. The van der Waals surface area contributed by atoms with Crippen LogP contribution in [0.3, 0.4) is 0 Å². The minimum atomic E-state index is -0.390. The second-order valence-electron chi connectivity index (χ2n) is 5.73. The highest BCUT2D eigenvalue weighted by Gasteiger charge is 2.22. The summed E-state index contributed by atoms with van der Waals surface area (Å²) in [5.41, 5.74) is 3.23. The van der Waals surface area contributed by atoms with Crippen molar-refractivity contribution in [2.45, 2.75) is 25.7 Å². The Morgan fingerprint density at radius 3 is 2.78 bits per heavy atom. The first-order chi connectivity index (χ1) is 10.1. The number of benzene rings is 1. The van der Waals surface area contributed by atoms with Gasteiger partial charge in [-0.25, -0.2) is 4.79 Å². The van der Waals surface area contributed by atoms with E-state index in [4.69, 9.17) is 4.74 Å². The molecule has 1 unspecified atom stereocenters. The lowest BCUT2D eigenvalue weighted by Gasteiger charge is -2.14. The third kappa shape index (κ3) is 6.45. The number of fused-ring (bicyclic) bond motifs is 1. The third-order valence-electron chi connectivity index (χ3n) is 3.64. The average Bonchev–Trinajstić information content (AvgIpc) is 2.85. The molecular formula is C16H27Cl2N3O2. The Morgan fingerprint density at radius 1 is 1.39 bits per heavy atom. The van der Waals surface area contributed by atoms with E-state index in [1.54, 1.807) is 0 Å².